The van der Waals surface area contributed by atoms with E-state index in [1.54, 1.807) is 36.7 Å². The Kier molecular flexibility index (Phi) is 7.17. The molecule has 9 heteroatoms. The van der Waals surface area contributed by atoms with Crippen LogP contribution in [0.25, 0.3) is 11.1 Å². The lowest BCUT2D eigenvalue weighted by molar-refractivity contribution is 0.102. The lowest BCUT2D eigenvalue weighted by Crippen LogP contribution is -2.40. The fourth-order valence-electron chi connectivity index (χ4n) is 4.10. The van der Waals surface area contributed by atoms with Gasteiger partial charge in [0.05, 0.1) is 42.3 Å². The van der Waals surface area contributed by atoms with Crippen LogP contribution in [0.4, 0.5) is 11.4 Å². The molecule has 0 bridgehead atoms. The van der Waals surface area contributed by atoms with Gasteiger partial charge in [0, 0.05) is 54.4 Å². The molecule has 1 amide bonds. The van der Waals surface area contributed by atoms with Crippen molar-refractivity contribution in [2.24, 2.45) is 0 Å². The van der Waals surface area contributed by atoms with Crippen LogP contribution in [0.15, 0.2) is 47.7 Å². The molecule has 0 aromatic carbocycles. The molecule has 9 nitrogen and oxygen atoms in total. The zero-order valence-electron chi connectivity index (χ0n) is 21.0. The van der Waals surface area contributed by atoms with Crippen LogP contribution < -0.4 is 15.8 Å². The molecule has 3 aromatic rings. The molecule has 0 atom stereocenters. The zero-order valence-corrected chi connectivity index (χ0v) is 21.0. The monoisotopic (exact) mass is 486 g/mol. The van der Waals surface area contributed by atoms with Gasteiger partial charge in [-0.15, -0.1) is 0 Å². The third kappa shape index (κ3) is 5.14. The maximum absolute atomic E-state index is 13.0. The quantitative estimate of drug-likeness (QED) is 0.567. The minimum atomic E-state index is -0.810. The van der Waals surface area contributed by atoms with Crippen molar-refractivity contribution in [1.29, 1.82) is 5.26 Å². The highest BCUT2D eigenvalue weighted by molar-refractivity contribution is 6.04. The molecule has 0 spiro atoms. The van der Waals surface area contributed by atoms with Gasteiger partial charge in [-0.25, -0.2) is 0 Å². The highest BCUT2D eigenvalue weighted by Gasteiger charge is 2.23. The van der Waals surface area contributed by atoms with E-state index in [0.717, 1.165) is 16.8 Å². The van der Waals surface area contributed by atoms with Gasteiger partial charge in [0.1, 0.15) is 5.69 Å². The van der Waals surface area contributed by atoms with Crippen LogP contribution in [-0.2, 0) is 16.7 Å². The Morgan fingerprint density at radius 1 is 1.22 bits per heavy atom. The molecule has 1 aliphatic rings. The van der Waals surface area contributed by atoms with Gasteiger partial charge in [-0.1, -0.05) is 0 Å². The van der Waals surface area contributed by atoms with Crippen molar-refractivity contribution in [2.45, 2.75) is 39.7 Å². The molecule has 1 aliphatic heterocycles. The molecule has 186 valence electrons. The summed E-state index contributed by atoms with van der Waals surface area (Å²) >= 11 is 0. The highest BCUT2D eigenvalue weighted by atomic mass is 16.5. The van der Waals surface area contributed by atoms with Crippen molar-refractivity contribution < 1.29 is 9.53 Å². The third-order valence-corrected chi connectivity index (χ3v) is 6.36. The first-order valence-electron chi connectivity index (χ1n) is 12.0. The van der Waals surface area contributed by atoms with Crippen molar-refractivity contribution in [2.75, 3.05) is 36.5 Å². The summed E-state index contributed by atoms with van der Waals surface area (Å²) in [6.07, 6.45) is 4.97. The van der Waals surface area contributed by atoms with Crippen LogP contribution in [0.1, 0.15) is 42.5 Å². The van der Waals surface area contributed by atoms with E-state index in [1.165, 1.54) is 6.20 Å². The number of nitrogens with zero attached hydrogens (tertiary/aromatic N) is 5. The fourth-order valence-corrected chi connectivity index (χ4v) is 4.10. The summed E-state index contributed by atoms with van der Waals surface area (Å²) in [4.78, 5) is 36.9. The highest BCUT2D eigenvalue weighted by Crippen LogP contribution is 2.28. The second-order valence-electron chi connectivity index (χ2n) is 9.28. The second-order valence-corrected chi connectivity index (χ2v) is 9.28. The number of nitrogens with one attached hydrogen (secondary N) is 1. The molecule has 1 fully saturated rings. The van der Waals surface area contributed by atoms with E-state index in [1.807, 2.05) is 32.2 Å². The van der Waals surface area contributed by atoms with Gasteiger partial charge in [0.2, 0.25) is 0 Å². The smallest absolute Gasteiger partial charge is 0.274 e. The van der Waals surface area contributed by atoms with Crippen molar-refractivity contribution >= 4 is 17.3 Å². The minimum Gasteiger partial charge on any atom is -0.378 e. The molecule has 0 radical (unpaired) electrons. The molecular weight excluding hydrogens is 456 g/mol. The van der Waals surface area contributed by atoms with Crippen molar-refractivity contribution in [3.63, 3.8) is 0 Å². The molecule has 4 rings (SSSR count). The standard InChI is InChI=1S/C27H30N6O3/c1-5-32-16-20(12-23(26(32)35)33-8-10-36-11-9-33)22-14-21(15-30-18(22)2)31-25(34)19-6-7-29-24(13-19)27(3,4)17-28/h6-7,12-16H,5,8-11H2,1-4H3,(H,31,34). The van der Waals surface area contributed by atoms with Crippen LogP contribution in [0.3, 0.4) is 0 Å². The first-order valence-corrected chi connectivity index (χ1v) is 12.0. The Morgan fingerprint density at radius 3 is 2.67 bits per heavy atom. The van der Waals surface area contributed by atoms with Gasteiger partial charge in [-0.05, 0) is 52.0 Å². The number of rotatable bonds is 6. The normalized spacial score (nSPS) is 13.8. The summed E-state index contributed by atoms with van der Waals surface area (Å²) in [6.45, 7) is 10.4. The van der Waals surface area contributed by atoms with E-state index in [2.05, 4.69) is 26.3 Å². The summed E-state index contributed by atoms with van der Waals surface area (Å²) in [5, 5.41) is 12.3. The predicted octanol–water partition coefficient (Wildman–Crippen LogP) is 3.52. The summed E-state index contributed by atoms with van der Waals surface area (Å²) < 4.78 is 7.15. The molecule has 3 aromatic heterocycles. The number of amides is 1. The Bertz CT molecular complexity index is 1380. The van der Waals surface area contributed by atoms with E-state index >= 15 is 0 Å². The van der Waals surface area contributed by atoms with E-state index in [9.17, 15) is 14.9 Å². The largest absolute Gasteiger partial charge is 0.378 e. The number of aromatic nitrogens is 3. The molecule has 1 N–H and O–H groups in total. The lowest BCUT2D eigenvalue weighted by Gasteiger charge is -2.29. The Hall–Kier alpha value is -4.03. The molecule has 4 heterocycles. The third-order valence-electron chi connectivity index (χ3n) is 6.36. The molecular formula is C27H30N6O3. The molecule has 0 unspecified atom stereocenters. The number of hydrogen-bond donors (Lipinski definition) is 1. The van der Waals surface area contributed by atoms with Crippen molar-refractivity contribution in [3.8, 4) is 17.2 Å². The van der Waals surface area contributed by atoms with Gasteiger partial charge in [0.15, 0.2) is 0 Å². The van der Waals surface area contributed by atoms with Crippen LogP contribution in [0, 0.1) is 18.3 Å². The number of aryl methyl sites for hydroxylation is 2. The van der Waals surface area contributed by atoms with E-state index in [-0.39, 0.29) is 11.5 Å². The van der Waals surface area contributed by atoms with Crippen LogP contribution in [-0.4, -0.2) is 46.7 Å². The van der Waals surface area contributed by atoms with Crippen molar-refractivity contribution in [1.82, 2.24) is 14.5 Å². The van der Waals surface area contributed by atoms with Crippen molar-refractivity contribution in [3.05, 3.63) is 70.2 Å². The number of nitriles is 1. The number of morpholine rings is 1. The average molecular weight is 487 g/mol. The van der Waals surface area contributed by atoms with E-state index in [4.69, 9.17) is 4.74 Å². The molecule has 0 aliphatic carbocycles. The number of carbonyl (C=O) groups is 1. The topological polar surface area (TPSA) is 113 Å². The van der Waals surface area contributed by atoms with Gasteiger partial charge in [-0.3, -0.25) is 19.6 Å². The minimum absolute atomic E-state index is 0.0352. The van der Waals surface area contributed by atoms with E-state index < -0.39 is 5.41 Å². The Labute approximate surface area is 210 Å². The van der Waals surface area contributed by atoms with Gasteiger partial charge >= 0.3 is 0 Å². The lowest BCUT2D eigenvalue weighted by atomic mass is 9.90. The van der Waals surface area contributed by atoms with Crippen LogP contribution >= 0.6 is 0 Å². The number of carbonyl (C=O) groups excluding carboxylic acids is 1. The average Bonchev–Trinajstić information content (AvgIpc) is 2.90. The molecule has 1 saturated heterocycles. The summed E-state index contributed by atoms with van der Waals surface area (Å²) in [5.41, 5.74) is 3.70. The number of hydrogen-bond acceptors (Lipinski definition) is 7. The van der Waals surface area contributed by atoms with Gasteiger partial charge in [0.25, 0.3) is 11.5 Å². The molecule has 0 saturated carbocycles. The van der Waals surface area contributed by atoms with Crippen LogP contribution in [0.5, 0.6) is 0 Å². The zero-order chi connectivity index (χ0) is 25.9. The summed E-state index contributed by atoms with van der Waals surface area (Å²) in [6, 6.07) is 9.21. The fraction of sp³-hybridized carbons (Fsp3) is 0.370. The summed E-state index contributed by atoms with van der Waals surface area (Å²) in [5.74, 6) is -0.323. The van der Waals surface area contributed by atoms with Crippen LogP contribution in [0.2, 0.25) is 0 Å². The summed E-state index contributed by atoms with van der Waals surface area (Å²) in [7, 11) is 0. The van der Waals surface area contributed by atoms with Gasteiger partial charge in [-0.2, -0.15) is 5.26 Å². The number of pyridine rings is 3. The van der Waals surface area contributed by atoms with Gasteiger partial charge < -0.3 is 19.5 Å². The second kappa shape index (κ2) is 10.3. The SMILES string of the molecule is CCn1cc(-c2cc(NC(=O)c3ccnc(C(C)(C)C#N)c3)cnc2C)cc(N2CCOCC2)c1=O. The maximum atomic E-state index is 13.0. The number of anilines is 2. The first kappa shape index (κ1) is 25.1. The molecule has 36 heavy (non-hydrogen) atoms. The predicted molar refractivity (Wildman–Crippen MR) is 138 cm³/mol. The van der Waals surface area contributed by atoms with E-state index in [0.29, 0.717) is 55.5 Å². The number of ether oxygens (including phenoxy) is 1. The Balaban J connectivity index is 1.67. The Morgan fingerprint density at radius 2 is 1.97 bits per heavy atom. The first-order chi connectivity index (χ1) is 17.2. The maximum Gasteiger partial charge on any atom is 0.274 e.